The number of piperidine rings is 2. The molecule has 5 atom stereocenters. The Morgan fingerprint density at radius 2 is 1.59 bits per heavy atom. The second-order valence-corrected chi connectivity index (χ2v) is 20.9. The third kappa shape index (κ3) is 20.4. The fraction of sp³-hybridized carbons (Fsp3) is 0.667. The average Bonchev–Trinajstić information content (AvgIpc) is 4.26. The summed E-state index contributed by atoms with van der Waals surface area (Å²) in [4.78, 5) is 50.0. The van der Waals surface area contributed by atoms with Crippen molar-refractivity contribution in [3.63, 3.8) is 0 Å². The second kappa shape index (κ2) is 37.4. The predicted molar refractivity (Wildman–Crippen MR) is 319 cm³/mol. The van der Waals surface area contributed by atoms with Crippen LogP contribution in [-0.2, 0) is 15.0 Å². The SMILES string of the molecule is CC.CC.CC.CC1CCCCC1.CNC.CNC(=O)N(CCC=O)C(=N)c1ccc(C2CCN(C(C)c3cccc(SN4CCC(Nc5ncc(C6(C(C)=O)CC6)c(C)n5)C(F)C4)c3)C(C(C)C)C2)cc1NC.CO. The number of carbonyl (C=O) groups excluding carboxylic acids is 3. The highest BCUT2D eigenvalue weighted by Gasteiger charge is 2.50. The van der Waals surface area contributed by atoms with Crippen molar-refractivity contribution in [2.75, 3.05) is 72.1 Å². The lowest BCUT2D eigenvalue weighted by Crippen LogP contribution is -2.46. The molecule has 0 bridgehead atoms. The molecule has 3 aromatic rings. The minimum Gasteiger partial charge on any atom is -0.400 e. The number of anilines is 2. The van der Waals surface area contributed by atoms with Crippen LogP contribution >= 0.6 is 11.9 Å². The first-order chi connectivity index (χ1) is 36.6. The zero-order valence-electron chi connectivity index (χ0n) is 50.0. The first-order valence-corrected chi connectivity index (χ1v) is 29.3. The van der Waals surface area contributed by atoms with Gasteiger partial charge in [0.1, 0.15) is 24.1 Å². The minimum absolute atomic E-state index is 0.0494. The molecule has 4 fully saturated rings. The Balaban J connectivity index is 0.00000140. The van der Waals surface area contributed by atoms with E-state index in [0.717, 1.165) is 79.9 Å². The maximum absolute atomic E-state index is 15.6. The molecular formula is C60H103FN10O4S. The second-order valence-electron chi connectivity index (χ2n) is 19.7. The van der Waals surface area contributed by atoms with Crippen LogP contribution in [0, 0.1) is 24.2 Å². The van der Waals surface area contributed by atoms with Gasteiger partial charge in [0, 0.05) is 92.9 Å². The molecule has 2 aliphatic heterocycles. The topological polar surface area (TPSA) is 179 Å². The molecule has 76 heavy (non-hydrogen) atoms. The number of amides is 2. The lowest BCUT2D eigenvalue weighted by molar-refractivity contribution is -0.119. The number of halogens is 1. The van der Waals surface area contributed by atoms with E-state index < -0.39 is 17.6 Å². The summed E-state index contributed by atoms with van der Waals surface area (Å²) in [5.74, 6) is 2.41. The third-order valence-corrected chi connectivity index (χ3v) is 15.5. The van der Waals surface area contributed by atoms with Gasteiger partial charge >= 0.3 is 6.03 Å². The van der Waals surface area contributed by atoms with E-state index in [1.807, 2.05) is 75.7 Å². The maximum atomic E-state index is 15.6. The van der Waals surface area contributed by atoms with Crippen LogP contribution in [0.5, 0.6) is 0 Å². The number of aromatic nitrogens is 2. The van der Waals surface area contributed by atoms with Crippen molar-refractivity contribution in [3.8, 4) is 0 Å². The molecule has 1 aromatic heterocycles. The third-order valence-electron chi connectivity index (χ3n) is 14.4. The van der Waals surface area contributed by atoms with E-state index >= 15 is 4.39 Å². The summed E-state index contributed by atoms with van der Waals surface area (Å²) in [6, 6.07) is 14.5. The van der Waals surface area contributed by atoms with Crippen LogP contribution in [-0.4, -0.2) is 133 Å². The number of aryl methyl sites for hydroxylation is 1. The highest BCUT2D eigenvalue weighted by Crippen LogP contribution is 2.49. The van der Waals surface area contributed by atoms with E-state index in [2.05, 4.69) is 105 Å². The van der Waals surface area contributed by atoms with E-state index in [9.17, 15) is 14.4 Å². The maximum Gasteiger partial charge on any atom is 0.322 e. The molecule has 2 aromatic carbocycles. The number of likely N-dealkylation sites (tertiary alicyclic amines) is 1. The van der Waals surface area contributed by atoms with Crippen molar-refractivity contribution >= 4 is 47.5 Å². The fourth-order valence-corrected chi connectivity index (χ4v) is 11.2. The standard InChI is InChI=1S/C44H60FN9O3S.C7H14.C2H7N.3C2H6.CH4O/c1-27(2)40-24-33(32-12-13-35(39(23-32)47-6)41(46)54(18-9-21-55)43(57)48-7)14-20-53(40)29(4)31-10-8-11-34(22-31)58-52-19-15-38(37(45)26-52)51-42-49-25-36(28(3)50-42)44(16-17-44)30(5)56;1-7-5-3-2-4-6-7;1-3-2;4*1-2/h8,10-13,21-23,25,27,29,33,37-38,40,46-47H,9,14-20,24,26H2,1-7H3,(H,48,57)(H,49,50,51);7H,2-6H2,1H3;3H,1-2H3;3*1-2H3;2H,1H3. The van der Waals surface area contributed by atoms with Gasteiger partial charge in [0.15, 0.2) is 0 Å². The number of aldehydes is 1. The van der Waals surface area contributed by atoms with E-state index in [4.69, 9.17) is 10.5 Å². The zero-order valence-corrected chi connectivity index (χ0v) is 50.9. The number of carbonyl (C=O) groups is 3. The van der Waals surface area contributed by atoms with Gasteiger partial charge in [0.2, 0.25) is 5.95 Å². The summed E-state index contributed by atoms with van der Waals surface area (Å²) in [7, 11) is 8.10. The molecule has 4 aliphatic rings. The van der Waals surface area contributed by atoms with Gasteiger partial charge in [-0.3, -0.25) is 20.0 Å². The Labute approximate surface area is 464 Å². The van der Waals surface area contributed by atoms with Crippen LogP contribution in [0.1, 0.15) is 187 Å². The van der Waals surface area contributed by atoms with Gasteiger partial charge in [-0.25, -0.2) is 23.5 Å². The van der Waals surface area contributed by atoms with Gasteiger partial charge in [0.25, 0.3) is 0 Å². The van der Waals surface area contributed by atoms with E-state index in [-0.39, 0.29) is 36.7 Å². The smallest absolute Gasteiger partial charge is 0.322 e. The fourth-order valence-electron chi connectivity index (χ4n) is 10.2. The van der Waals surface area contributed by atoms with Crippen LogP contribution in [0.25, 0.3) is 0 Å². The number of aliphatic hydroxyl groups is 1. The molecular weight excluding hydrogens is 976 g/mol. The summed E-state index contributed by atoms with van der Waals surface area (Å²) in [5, 5.41) is 27.7. The number of rotatable bonds is 15. The quantitative estimate of drug-likeness (QED) is 0.0368. The van der Waals surface area contributed by atoms with Crippen LogP contribution in [0.15, 0.2) is 53.6 Å². The molecule has 2 saturated heterocycles. The number of alkyl halides is 1. The van der Waals surface area contributed by atoms with Crippen LogP contribution in [0.2, 0.25) is 0 Å². The Hall–Kier alpha value is -4.48. The molecule has 2 saturated carbocycles. The van der Waals surface area contributed by atoms with Crippen molar-refractivity contribution in [3.05, 3.63) is 76.6 Å². The molecule has 0 radical (unpaired) electrons. The molecule has 7 rings (SSSR count). The van der Waals surface area contributed by atoms with E-state index in [0.29, 0.717) is 42.4 Å². The minimum atomic E-state index is -1.09. The Kier molecular flexibility index (Phi) is 34.2. The molecule has 3 heterocycles. The number of nitrogens with zero attached hydrogens (tertiary/aromatic N) is 5. The molecule has 5 unspecified atom stereocenters. The van der Waals surface area contributed by atoms with Gasteiger partial charge in [-0.15, -0.1) is 0 Å². The number of Topliss-reactive ketones (excluding diaryl/α,β-unsaturated/α-hetero) is 1. The lowest BCUT2D eigenvalue weighted by atomic mass is 9.80. The van der Waals surface area contributed by atoms with Crippen molar-refractivity contribution < 1.29 is 23.9 Å². The van der Waals surface area contributed by atoms with Gasteiger partial charge in [-0.1, -0.05) is 113 Å². The Bertz CT molecular complexity index is 2140. The van der Waals surface area contributed by atoms with Gasteiger partial charge in [-0.05, 0) is 139 Å². The molecule has 16 heteroatoms. The highest BCUT2D eigenvalue weighted by atomic mass is 32.2. The van der Waals surface area contributed by atoms with Crippen molar-refractivity contribution in [1.82, 2.24) is 34.7 Å². The van der Waals surface area contributed by atoms with Crippen LogP contribution < -0.4 is 21.3 Å². The van der Waals surface area contributed by atoms with Crippen LogP contribution in [0.3, 0.4) is 0 Å². The molecule has 430 valence electrons. The lowest BCUT2D eigenvalue weighted by Gasteiger charge is -2.45. The summed E-state index contributed by atoms with van der Waals surface area (Å²) in [6.07, 6.45) is 13.3. The van der Waals surface area contributed by atoms with Crippen LogP contribution in [0.4, 0.5) is 20.8 Å². The summed E-state index contributed by atoms with van der Waals surface area (Å²) in [6.45, 7) is 26.8. The number of hydrogen-bond donors (Lipinski definition) is 6. The molecule has 6 N–H and O–H groups in total. The first-order valence-electron chi connectivity index (χ1n) is 28.5. The zero-order chi connectivity index (χ0) is 57.5. The molecule has 0 spiro atoms. The highest BCUT2D eigenvalue weighted by molar-refractivity contribution is 7.97. The number of ketones is 1. The Morgan fingerprint density at radius 3 is 2.11 bits per heavy atom. The summed E-state index contributed by atoms with van der Waals surface area (Å²) < 4.78 is 17.8. The molecule has 14 nitrogen and oxygen atoms in total. The monoisotopic (exact) mass is 1080 g/mol. The number of nitrogens with one attached hydrogen (secondary N) is 5. The number of benzene rings is 2. The Morgan fingerprint density at radius 1 is 0.947 bits per heavy atom. The normalized spacial score (nSPS) is 20.1. The van der Waals surface area contributed by atoms with Gasteiger partial charge in [0.05, 0.1) is 11.5 Å². The molecule has 2 amide bonds. The largest absolute Gasteiger partial charge is 0.400 e. The van der Waals surface area contributed by atoms with Crippen molar-refractivity contribution in [2.45, 2.75) is 194 Å². The van der Waals surface area contributed by atoms with E-state index in [1.54, 1.807) is 25.1 Å². The van der Waals surface area contributed by atoms with Crippen molar-refractivity contribution in [2.24, 2.45) is 11.8 Å². The number of aliphatic hydroxyl groups excluding tert-OH is 1. The van der Waals surface area contributed by atoms with Gasteiger partial charge in [-0.2, -0.15) is 0 Å². The summed E-state index contributed by atoms with van der Waals surface area (Å²) in [5.41, 5.74) is 5.07. The van der Waals surface area contributed by atoms with Gasteiger partial charge < -0.3 is 31.2 Å². The first kappa shape index (κ1) is 69.5. The van der Waals surface area contributed by atoms with E-state index in [1.165, 1.54) is 55.2 Å². The predicted octanol–water partition coefficient (Wildman–Crippen LogP) is 12.6. The summed E-state index contributed by atoms with van der Waals surface area (Å²) >= 11 is 1.61. The average molecular weight is 1080 g/mol. The number of urea groups is 1. The number of hydrogen-bond acceptors (Lipinski definition) is 13. The van der Waals surface area contributed by atoms with Crippen molar-refractivity contribution in [1.29, 1.82) is 5.41 Å². The number of amidine groups is 1. The molecule has 2 aliphatic carbocycles.